The van der Waals surface area contributed by atoms with E-state index in [1.54, 1.807) is 11.3 Å². The maximum atomic E-state index is 6.45. The average molecular weight is 548 g/mol. The van der Waals surface area contributed by atoms with E-state index < -0.39 is 0 Å². The second kappa shape index (κ2) is 8.43. The van der Waals surface area contributed by atoms with Gasteiger partial charge in [-0.3, -0.25) is 0 Å². The minimum Gasteiger partial charge on any atom is -0.456 e. The molecule has 0 atom stereocenters. The summed E-state index contributed by atoms with van der Waals surface area (Å²) in [4.78, 5) is 3.88. The number of rotatable bonds is 1. The molecule has 3 aromatic heterocycles. The van der Waals surface area contributed by atoms with Gasteiger partial charge in [-0.1, -0.05) is 72.8 Å². The van der Waals surface area contributed by atoms with Gasteiger partial charge in [-0.15, -0.1) is 22.7 Å². The summed E-state index contributed by atoms with van der Waals surface area (Å²) in [6.45, 7) is 0. The molecule has 0 aliphatic rings. The van der Waals surface area contributed by atoms with E-state index in [1.165, 1.54) is 62.2 Å². The first-order valence-corrected chi connectivity index (χ1v) is 15.0. The Labute approximate surface area is 237 Å². The van der Waals surface area contributed by atoms with Crippen molar-refractivity contribution in [2.24, 2.45) is 0 Å². The van der Waals surface area contributed by atoms with Crippen molar-refractivity contribution in [2.75, 3.05) is 0 Å². The van der Waals surface area contributed by atoms with Gasteiger partial charge in [-0.05, 0) is 65.0 Å². The summed E-state index contributed by atoms with van der Waals surface area (Å²) in [7, 11) is 0. The highest BCUT2D eigenvalue weighted by molar-refractivity contribution is 7.26. The molecule has 0 aliphatic carbocycles. The molecule has 188 valence electrons. The fraction of sp³-hybridized carbons (Fsp3) is 0. The van der Waals surface area contributed by atoms with Crippen LogP contribution in [0.15, 0.2) is 126 Å². The van der Waals surface area contributed by atoms with Crippen LogP contribution in [0.1, 0.15) is 0 Å². The summed E-state index contributed by atoms with van der Waals surface area (Å²) in [5.41, 5.74) is 6.46. The third-order valence-corrected chi connectivity index (χ3v) is 10.1. The van der Waals surface area contributed by atoms with Crippen LogP contribution in [0.4, 0.5) is 0 Å². The van der Waals surface area contributed by atoms with Crippen molar-refractivity contribution in [3.05, 3.63) is 121 Å². The van der Waals surface area contributed by atoms with Gasteiger partial charge < -0.3 is 9.40 Å². The number of thiophene rings is 1. The van der Waals surface area contributed by atoms with Crippen molar-refractivity contribution in [3.8, 4) is 11.1 Å². The molecule has 4 heteroatoms. The highest BCUT2D eigenvalue weighted by atomic mass is 32.1. The van der Waals surface area contributed by atoms with E-state index in [-0.39, 0.29) is 0 Å². The maximum absolute atomic E-state index is 6.45. The molecule has 9 rings (SSSR count). The summed E-state index contributed by atoms with van der Waals surface area (Å²) in [5, 5.41) is 7.31. The van der Waals surface area contributed by atoms with Gasteiger partial charge in [0.05, 0.1) is 10.2 Å². The number of hydrogen-bond acceptors (Lipinski definition) is 3. The minimum atomic E-state index is 0.917. The fourth-order valence-electron chi connectivity index (χ4n) is 6.03. The van der Waals surface area contributed by atoms with Gasteiger partial charge in [0.1, 0.15) is 11.2 Å². The Morgan fingerprint density at radius 1 is 0.425 bits per heavy atom. The van der Waals surface area contributed by atoms with Gasteiger partial charge in [-0.25, -0.2) is 0 Å². The van der Waals surface area contributed by atoms with Crippen LogP contribution in [0.2, 0.25) is 0 Å². The van der Waals surface area contributed by atoms with Crippen LogP contribution in [0.5, 0.6) is 0 Å². The number of H-pyrrole nitrogens is 1. The lowest BCUT2D eigenvalue weighted by Gasteiger charge is -2.06. The molecule has 0 radical (unpaired) electrons. The first kappa shape index (κ1) is 22.2. The van der Waals surface area contributed by atoms with Gasteiger partial charge in [0.2, 0.25) is 0 Å². The Bertz CT molecular complexity index is 2490. The SMILES string of the molecule is c1ccc(-c2ccc3[nH]c4cc5sc6ccccc6c5cc4c4cccc5oc6cccc(sc3c2)c6c54)cc1. The standard InChI is InChI=1S/C36H21NOS2/c1-2-8-21(9-3-1)22-16-17-27-34(18-22)40-32-15-7-13-30-36(32)35-24(11-6-12-29(35)38-30)25-19-26-23-10-4-5-14-31(23)39-33(26)20-28(25)37-27/h1-20,37H. The molecule has 40 heavy (non-hydrogen) atoms. The number of nitrogens with one attached hydrogen (secondary N) is 1. The summed E-state index contributed by atoms with van der Waals surface area (Å²) in [6, 6.07) is 43.6. The molecule has 0 saturated heterocycles. The second-order valence-corrected chi connectivity index (χ2v) is 12.4. The molecule has 0 spiro atoms. The second-order valence-electron chi connectivity index (χ2n) is 10.2. The number of fused-ring (bicyclic) bond motifs is 6. The largest absolute Gasteiger partial charge is 0.456 e. The first-order valence-electron chi connectivity index (χ1n) is 13.3. The van der Waals surface area contributed by atoms with E-state index in [9.17, 15) is 0 Å². The Morgan fingerprint density at radius 3 is 2.10 bits per heavy atom. The van der Waals surface area contributed by atoms with Crippen molar-refractivity contribution >= 4 is 96.0 Å². The smallest absolute Gasteiger partial charge is 0.136 e. The van der Waals surface area contributed by atoms with E-state index in [1.807, 2.05) is 11.3 Å². The monoisotopic (exact) mass is 547 g/mol. The highest BCUT2D eigenvalue weighted by Crippen LogP contribution is 2.42. The highest BCUT2D eigenvalue weighted by Gasteiger charge is 2.14. The average Bonchev–Trinajstić information content (AvgIpc) is 3.56. The summed E-state index contributed by atoms with van der Waals surface area (Å²) >= 11 is 3.65. The zero-order valence-electron chi connectivity index (χ0n) is 21.3. The topological polar surface area (TPSA) is 28.9 Å². The number of aromatic amines is 1. The molecule has 3 heterocycles. The molecule has 0 aliphatic heterocycles. The third kappa shape index (κ3) is 3.27. The van der Waals surface area contributed by atoms with Gasteiger partial charge >= 0.3 is 0 Å². The van der Waals surface area contributed by atoms with Crippen molar-refractivity contribution in [1.82, 2.24) is 4.98 Å². The predicted molar refractivity (Wildman–Crippen MR) is 174 cm³/mol. The number of hydrogen-bond donors (Lipinski definition) is 1. The van der Waals surface area contributed by atoms with E-state index in [0.29, 0.717) is 0 Å². The van der Waals surface area contributed by atoms with Crippen LogP contribution in [-0.4, -0.2) is 4.98 Å². The first-order chi connectivity index (χ1) is 19.8. The molecular weight excluding hydrogens is 527 g/mol. The molecule has 2 nitrogen and oxygen atoms in total. The Morgan fingerprint density at radius 2 is 1.18 bits per heavy atom. The Hall–Kier alpha value is -4.64. The van der Waals surface area contributed by atoms with Crippen LogP contribution < -0.4 is 0 Å². The lowest BCUT2D eigenvalue weighted by Crippen LogP contribution is -1.82. The van der Waals surface area contributed by atoms with Crippen LogP contribution in [0.3, 0.4) is 0 Å². The summed E-state index contributed by atoms with van der Waals surface area (Å²) in [6.07, 6.45) is 0. The number of furan rings is 1. The van der Waals surface area contributed by atoms with E-state index in [2.05, 4.69) is 126 Å². The van der Waals surface area contributed by atoms with E-state index >= 15 is 0 Å². The molecule has 0 unspecified atom stereocenters. The van der Waals surface area contributed by atoms with Crippen LogP contribution >= 0.6 is 22.7 Å². The van der Waals surface area contributed by atoms with Gasteiger partial charge in [-0.2, -0.15) is 0 Å². The molecule has 0 bridgehead atoms. The normalized spacial score (nSPS) is 12.0. The molecule has 9 aromatic rings. The van der Waals surface area contributed by atoms with Crippen LogP contribution in [0.25, 0.3) is 84.4 Å². The maximum Gasteiger partial charge on any atom is 0.136 e. The fourth-order valence-corrected chi connectivity index (χ4v) is 8.26. The lowest BCUT2D eigenvalue weighted by molar-refractivity contribution is 0.669. The van der Waals surface area contributed by atoms with Crippen molar-refractivity contribution in [1.29, 1.82) is 0 Å². The van der Waals surface area contributed by atoms with Crippen LogP contribution in [-0.2, 0) is 0 Å². The molecule has 0 fully saturated rings. The van der Waals surface area contributed by atoms with Crippen molar-refractivity contribution < 1.29 is 4.42 Å². The molecule has 0 amide bonds. The Balaban J connectivity index is 1.55. The lowest BCUT2D eigenvalue weighted by atomic mass is 10.0. The van der Waals surface area contributed by atoms with Gasteiger partial charge in [0.25, 0.3) is 0 Å². The minimum absolute atomic E-state index is 0.917. The number of benzene rings is 6. The Kier molecular flexibility index (Phi) is 4.68. The molecular formula is C36H21NOS2. The van der Waals surface area contributed by atoms with E-state index in [4.69, 9.17) is 4.42 Å². The van der Waals surface area contributed by atoms with Gasteiger partial charge in [0, 0.05) is 46.5 Å². The predicted octanol–water partition coefficient (Wildman–Crippen LogP) is 11.6. The van der Waals surface area contributed by atoms with Crippen LogP contribution in [0, 0.1) is 0 Å². The molecule has 1 N–H and O–H groups in total. The zero-order chi connectivity index (χ0) is 26.2. The molecule has 0 saturated carbocycles. The summed E-state index contributed by atoms with van der Waals surface area (Å²) < 4.78 is 11.4. The van der Waals surface area contributed by atoms with Gasteiger partial charge in [0.15, 0.2) is 0 Å². The third-order valence-electron chi connectivity index (χ3n) is 7.87. The van der Waals surface area contributed by atoms with E-state index in [0.717, 1.165) is 22.2 Å². The van der Waals surface area contributed by atoms with Crippen molar-refractivity contribution in [3.63, 3.8) is 0 Å². The quantitative estimate of drug-likeness (QED) is 0.217. The van der Waals surface area contributed by atoms with Crippen molar-refractivity contribution in [2.45, 2.75) is 0 Å². The molecule has 6 aromatic carbocycles. The zero-order valence-corrected chi connectivity index (χ0v) is 22.9. The number of aromatic nitrogens is 1. The summed E-state index contributed by atoms with van der Waals surface area (Å²) in [5.74, 6) is 0.